The van der Waals surface area contributed by atoms with E-state index in [1.54, 1.807) is 24.8 Å². The highest BCUT2D eigenvalue weighted by Gasteiger charge is 2.08. The van der Waals surface area contributed by atoms with E-state index in [2.05, 4.69) is 10.2 Å². The third-order valence-corrected chi connectivity index (χ3v) is 3.92. The molecule has 1 heterocycles. The Balaban J connectivity index is 1.99. The molecule has 0 fully saturated rings. The SMILES string of the molecule is COc1cccc(C(=O)CSc2nncs2)c1. The maximum atomic E-state index is 11.9. The number of carbonyl (C=O) groups is 1. The second-order valence-electron chi connectivity index (χ2n) is 3.15. The number of ether oxygens (including phenoxy) is 1. The van der Waals surface area contributed by atoms with Crippen LogP contribution in [-0.2, 0) is 0 Å². The van der Waals surface area contributed by atoms with Gasteiger partial charge in [-0.2, -0.15) is 0 Å². The van der Waals surface area contributed by atoms with E-state index in [1.165, 1.54) is 23.1 Å². The average molecular weight is 266 g/mol. The minimum atomic E-state index is 0.0594. The van der Waals surface area contributed by atoms with Gasteiger partial charge >= 0.3 is 0 Å². The van der Waals surface area contributed by atoms with E-state index >= 15 is 0 Å². The Hall–Kier alpha value is -1.40. The van der Waals surface area contributed by atoms with Crippen molar-refractivity contribution in [2.45, 2.75) is 4.34 Å². The highest BCUT2D eigenvalue weighted by atomic mass is 32.2. The Morgan fingerprint density at radius 3 is 3.12 bits per heavy atom. The molecule has 0 aliphatic rings. The maximum absolute atomic E-state index is 11.9. The first-order chi connectivity index (χ1) is 8.29. The minimum Gasteiger partial charge on any atom is -0.497 e. The number of hydrogen-bond donors (Lipinski definition) is 0. The molecule has 1 aromatic heterocycles. The average Bonchev–Trinajstić information content (AvgIpc) is 2.89. The molecular formula is C11H10N2O2S2. The lowest BCUT2D eigenvalue weighted by Gasteiger charge is -2.02. The molecule has 88 valence electrons. The third kappa shape index (κ3) is 3.28. The summed E-state index contributed by atoms with van der Waals surface area (Å²) in [6.45, 7) is 0. The Labute approximate surface area is 107 Å². The van der Waals surface area contributed by atoms with Crippen molar-refractivity contribution in [2.75, 3.05) is 12.9 Å². The fourth-order valence-electron chi connectivity index (χ4n) is 1.23. The molecule has 6 heteroatoms. The Kier molecular flexibility index (Phi) is 4.11. The topological polar surface area (TPSA) is 52.1 Å². The van der Waals surface area contributed by atoms with Crippen LogP contribution in [0.25, 0.3) is 0 Å². The number of ketones is 1. The van der Waals surface area contributed by atoms with E-state index in [-0.39, 0.29) is 5.78 Å². The van der Waals surface area contributed by atoms with Gasteiger partial charge in [0.1, 0.15) is 11.3 Å². The van der Waals surface area contributed by atoms with Gasteiger partial charge in [0.2, 0.25) is 0 Å². The van der Waals surface area contributed by atoms with Crippen LogP contribution in [0.1, 0.15) is 10.4 Å². The summed E-state index contributed by atoms with van der Waals surface area (Å²) in [6.07, 6.45) is 0. The summed E-state index contributed by atoms with van der Waals surface area (Å²) in [4.78, 5) is 11.9. The van der Waals surface area contributed by atoms with Gasteiger partial charge in [-0.3, -0.25) is 4.79 Å². The number of nitrogens with zero attached hydrogens (tertiary/aromatic N) is 2. The third-order valence-electron chi connectivity index (χ3n) is 2.06. The number of thioether (sulfide) groups is 1. The summed E-state index contributed by atoms with van der Waals surface area (Å²) in [5.41, 5.74) is 2.31. The molecule has 2 rings (SSSR count). The van der Waals surface area contributed by atoms with Crippen molar-refractivity contribution in [3.05, 3.63) is 35.3 Å². The summed E-state index contributed by atoms with van der Waals surface area (Å²) in [5, 5.41) is 7.59. The van der Waals surface area contributed by atoms with Gasteiger partial charge in [0.25, 0.3) is 0 Å². The Morgan fingerprint density at radius 1 is 1.53 bits per heavy atom. The lowest BCUT2D eigenvalue weighted by molar-refractivity contribution is 0.102. The lowest BCUT2D eigenvalue weighted by Crippen LogP contribution is -2.02. The summed E-state index contributed by atoms with van der Waals surface area (Å²) in [7, 11) is 1.58. The zero-order valence-electron chi connectivity index (χ0n) is 9.12. The first-order valence-corrected chi connectivity index (χ1v) is 6.72. The van der Waals surface area contributed by atoms with Gasteiger partial charge < -0.3 is 4.74 Å². The van der Waals surface area contributed by atoms with Crippen LogP contribution in [0.2, 0.25) is 0 Å². The largest absolute Gasteiger partial charge is 0.497 e. The molecule has 1 aromatic carbocycles. The second-order valence-corrected chi connectivity index (χ2v) is 5.20. The van der Waals surface area contributed by atoms with Crippen LogP contribution in [-0.4, -0.2) is 28.8 Å². The molecule has 0 saturated carbocycles. The number of carbonyl (C=O) groups excluding carboxylic acids is 1. The second kappa shape index (κ2) is 5.79. The molecule has 0 N–H and O–H groups in total. The van der Waals surface area contributed by atoms with Crippen LogP contribution in [0.3, 0.4) is 0 Å². The molecule has 0 unspecified atom stereocenters. The molecule has 4 nitrogen and oxygen atoms in total. The maximum Gasteiger partial charge on any atom is 0.174 e. The van der Waals surface area contributed by atoms with Gasteiger partial charge in [0.15, 0.2) is 10.1 Å². The van der Waals surface area contributed by atoms with Crippen LogP contribution in [0.15, 0.2) is 34.1 Å². The van der Waals surface area contributed by atoms with Crippen molar-refractivity contribution < 1.29 is 9.53 Å². The highest BCUT2D eigenvalue weighted by Crippen LogP contribution is 2.21. The van der Waals surface area contributed by atoms with Gasteiger partial charge in [-0.1, -0.05) is 35.2 Å². The number of rotatable bonds is 5. The zero-order chi connectivity index (χ0) is 12.1. The molecule has 0 bridgehead atoms. The monoisotopic (exact) mass is 266 g/mol. The predicted octanol–water partition coefficient (Wildman–Crippen LogP) is 2.52. The van der Waals surface area contributed by atoms with Crippen LogP contribution in [0.5, 0.6) is 5.75 Å². The van der Waals surface area contributed by atoms with Crippen molar-refractivity contribution in [1.29, 1.82) is 0 Å². The van der Waals surface area contributed by atoms with E-state index in [1.807, 2.05) is 12.1 Å². The number of aromatic nitrogens is 2. The molecule has 0 radical (unpaired) electrons. The molecule has 0 amide bonds. The predicted molar refractivity (Wildman–Crippen MR) is 68.0 cm³/mol. The first kappa shape index (κ1) is 12.1. The van der Waals surface area contributed by atoms with Crippen LogP contribution < -0.4 is 4.74 Å². The van der Waals surface area contributed by atoms with E-state index in [0.29, 0.717) is 17.1 Å². The molecule has 0 aliphatic heterocycles. The number of methoxy groups -OCH3 is 1. The first-order valence-electron chi connectivity index (χ1n) is 4.86. The van der Waals surface area contributed by atoms with Gasteiger partial charge in [-0.05, 0) is 12.1 Å². The molecule has 0 atom stereocenters. The fraction of sp³-hybridized carbons (Fsp3) is 0.182. The number of Topliss-reactive ketones (excluding diaryl/α,β-unsaturated/α-hetero) is 1. The van der Waals surface area contributed by atoms with E-state index in [9.17, 15) is 4.79 Å². The number of benzene rings is 1. The van der Waals surface area contributed by atoms with Gasteiger partial charge in [-0.25, -0.2) is 0 Å². The smallest absolute Gasteiger partial charge is 0.174 e. The summed E-state index contributed by atoms with van der Waals surface area (Å²) < 4.78 is 5.88. The van der Waals surface area contributed by atoms with Crippen molar-refractivity contribution in [3.63, 3.8) is 0 Å². The van der Waals surface area contributed by atoms with Gasteiger partial charge in [0, 0.05) is 5.56 Å². The van der Waals surface area contributed by atoms with Crippen molar-refractivity contribution in [1.82, 2.24) is 10.2 Å². The molecule has 17 heavy (non-hydrogen) atoms. The van der Waals surface area contributed by atoms with Gasteiger partial charge in [0.05, 0.1) is 12.9 Å². The Morgan fingerprint density at radius 2 is 2.41 bits per heavy atom. The van der Waals surface area contributed by atoms with Gasteiger partial charge in [-0.15, -0.1) is 10.2 Å². The zero-order valence-corrected chi connectivity index (χ0v) is 10.8. The summed E-state index contributed by atoms with van der Waals surface area (Å²) >= 11 is 2.83. The van der Waals surface area contributed by atoms with Crippen molar-refractivity contribution in [3.8, 4) is 5.75 Å². The quantitative estimate of drug-likeness (QED) is 0.615. The fourth-order valence-corrected chi connectivity index (χ4v) is 2.62. The van der Waals surface area contributed by atoms with Crippen LogP contribution in [0, 0.1) is 0 Å². The number of hydrogen-bond acceptors (Lipinski definition) is 6. The van der Waals surface area contributed by atoms with Crippen LogP contribution in [0.4, 0.5) is 0 Å². The summed E-state index contributed by atoms with van der Waals surface area (Å²) in [6, 6.07) is 7.14. The molecule has 0 aliphatic carbocycles. The molecule has 0 saturated heterocycles. The standard InChI is InChI=1S/C11H10N2O2S2/c1-15-9-4-2-3-8(5-9)10(14)6-16-11-13-12-7-17-11/h2-5,7H,6H2,1H3. The van der Waals surface area contributed by atoms with E-state index < -0.39 is 0 Å². The van der Waals surface area contributed by atoms with Crippen molar-refractivity contribution >= 4 is 28.9 Å². The lowest BCUT2D eigenvalue weighted by atomic mass is 10.1. The van der Waals surface area contributed by atoms with E-state index in [4.69, 9.17) is 4.74 Å². The molecule has 2 aromatic rings. The molecular weight excluding hydrogens is 256 g/mol. The highest BCUT2D eigenvalue weighted by molar-refractivity contribution is 8.01. The summed E-state index contributed by atoms with van der Waals surface area (Å²) in [5.74, 6) is 1.11. The Bertz CT molecular complexity index is 500. The van der Waals surface area contributed by atoms with Crippen LogP contribution >= 0.6 is 23.1 Å². The normalized spacial score (nSPS) is 10.2. The van der Waals surface area contributed by atoms with Crippen molar-refractivity contribution in [2.24, 2.45) is 0 Å². The van der Waals surface area contributed by atoms with E-state index in [0.717, 1.165) is 4.34 Å². The minimum absolute atomic E-state index is 0.0594. The molecule has 0 spiro atoms.